The summed E-state index contributed by atoms with van der Waals surface area (Å²) in [6.45, 7) is 4.26. The standard InChI is InChI=1S/C14H20ClNO3/c1-3-6-16(7-8-17)10-12-9-11(14(18)19-2)4-5-13(12)15/h4-5,9,17H,3,6-8,10H2,1-2H3. The van der Waals surface area contributed by atoms with Crippen molar-refractivity contribution in [3.63, 3.8) is 0 Å². The molecule has 5 heteroatoms. The molecule has 0 atom stereocenters. The second kappa shape index (κ2) is 8.15. The summed E-state index contributed by atoms with van der Waals surface area (Å²) >= 11 is 6.15. The molecule has 0 unspecified atom stereocenters. The number of aliphatic hydroxyl groups excluding tert-OH is 1. The van der Waals surface area contributed by atoms with E-state index in [0.717, 1.165) is 18.5 Å². The van der Waals surface area contributed by atoms with Gasteiger partial charge in [-0.3, -0.25) is 4.90 Å². The first kappa shape index (κ1) is 16.0. The number of hydrogen-bond acceptors (Lipinski definition) is 4. The van der Waals surface area contributed by atoms with Gasteiger partial charge < -0.3 is 9.84 Å². The first-order chi connectivity index (χ1) is 9.12. The van der Waals surface area contributed by atoms with E-state index >= 15 is 0 Å². The van der Waals surface area contributed by atoms with Gasteiger partial charge in [0.15, 0.2) is 0 Å². The highest BCUT2D eigenvalue weighted by Gasteiger charge is 2.11. The highest BCUT2D eigenvalue weighted by atomic mass is 35.5. The number of aliphatic hydroxyl groups is 1. The van der Waals surface area contributed by atoms with Crippen LogP contribution in [-0.4, -0.2) is 42.8 Å². The number of esters is 1. The number of carbonyl (C=O) groups excluding carboxylic acids is 1. The van der Waals surface area contributed by atoms with Crippen molar-refractivity contribution in [1.82, 2.24) is 4.90 Å². The minimum Gasteiger partial charge on any atom is -0.465 e. The lowest BCUT2D eigenvalue weighted by molar-refractivity contribution is 0.0600. The van der Waals surface area contributed by atoms with Gasteiger partial charge in [-0.25, -0.2) is 4.79 Å². The average molecular weight is 286 g/mol. The van der Waals surface area contributed by atoms with E-state index in [2.05, 4.69) is 11.8 Å². The molecule has 0 amide bonds. The lowest BCUT2D eigenvalue weighted by Gasteiger charge is -2.21. The second-order valence-corrected chi connectivity index (χ2v) is 4.70. The summed E-state index contributed by atoms with van der Waals surface area (Å²) in [7, 11) is 1.35. The molecule has 0 heterocycles. The number of halogens is 1. The van der Waals surface area contributed by atoms with E-state index in [1.165, 1.54) is 7.11 Å². The minimum absolute atomic E-state index is 0.105. The Labute approximate surface area is 118 Å². The number of benzene rings is 1. The van der Waals surface area contributed by atoms with Crippen molar-refractivity contribution in [3.05, 3.63) is 34.3 Å². The quantitative estimate of drug-likeness (QED) is 0.781. The largest absolute Gasteiger partial charge is 0.465 e. The Morgan fingerprint density at radius 1 is 1.42 bits per heavy atom. The Kier molecular flexibility index (Phi) is 6.84. The zero-order valence-electron chi connectivity index (χ0n) is 11.4. The van der Waals surface area contributed by atoms with E-state index in [4.69, 9.17) is 21.4 Å². The van der Waals surface area contributed by atoms with Crippen LogP contribution in [0.25, 0.3) is 0 Å². The maximum atomic E-state index is 11.5. The first-order valence-corrected chi connectivity index (χ1v) is 6.70. The summed E-state index contributed by atoms with van der Waals surface area (Å²) < 4.78 is 4.70. The van der Waals surface area contributed by atoms with Crippen molar-refractivity contribution >= 4 is 17.6 Å². The van der Waals surface area contributed by atoms with Crippen molar-refractivity contribution in [2.24, 2.45) is 0 Å². The van der Waals surface area contributed by atoms with Crippen LogP contribution in [0.4, 0.5) is 0 Å². The lowest BCUT2D eigenvalue weighted by Crippen LogP contribution is -2.27. The van der Waals surface area contributed by atoms with Gasteiger partial charge in [-0.2, -0.15) is 0 Å². The van der Waals surface area contributed by atoms with Crippen LogP contribution in [0, 0.1) is 0 Å². The van der Waals surface area contributed by atoms with E-state index in [1.54, 1.807) is 18.2 Å². The number of rotatable bonds is 7. The topological polar surface area (TPSA) is 49.8 Å². The molecule has 0 radical (unpaired) electrons. The fraction of sp³-hybridized carbons (Fsp3) is 0.500. The molecule has 106 valence electrons. The molecular formula is C14H20ClNO3. The van der Waals surface area contributed by atoms with Gasteiger partial charge in [-0.1, -0.05) is 18.5 Å². The second-order valence-electron chi connectivity index (χ2n) is 4.30. The van der Waals surface area contributed by atoms with Crippen LogP contribution >= 0.6 is 11.6 Å². The number of methoxy groups -OCH3 is 1. The lowest BCUT2D eigenvalue weighted by atomic mass is 10.1. The fourth-order valence-electron chi connectivity index (χ4n) is 1.91. The highest BCUT2D eigenvalue weighted by molar-refractivity contribution is 6.31. The van der Waals surface area contributed by atoms with Crippen LogP contribution in [0.2, 0.25) is 5.02 Å². The Morgan fingerprint density at radius 2 is 2.16 bits per heavy atom. The van der Waals surface area contributed by atoms with Gasteiger partial charge in [-0.15, -0.1) is 0 Å². The summed E-state index contributed by atoms with van der Waals surface area (Å²) in [5.41, 5.74) is 1.36. The molecule has 1 aromatic rings. The number of nitrogens with zero attached hydrogens (tertiary/aromatic N) is 1. The summed E-state index contributed by atoms with van der Waals surface area (Å²) in [6, 6.07) is 5.09. The van der Waals surface area contributed by atoms with Gasteiger partial charge in [-0.05, 0) is 36.7 Å². The molecule has 0 spiro atoms. The van der Waals surface area contributed by atoms with Crippen molar-refractivity contribution in [1.29, 1.82) is 0 Å². The SMILES string of the molecule is CCCN(CCO)Cc1cc(C(=O)OC)ccc1Cl. The van der Waals surface area contributed by atoms with Gasteiger partial charge in [0.25, 0.3) is 0 Å². The Balaban J connectivity index is 2.88. The third kappa shape index (κ3) is 4.82. The molecule has 0 aliphatic rings. The Hall–Kier alpha value is -1.10. The number of ether oxygens (including phenoxy) is 1. The first-order valence-electron chi connectivity index (χ1n) is 6.32. The monoisotopic (exact) mass is 285 g/mol. The molecule has 0 aliphatic heterocycles. The Morgan fingerprint density at radius 3 is 2.74 bits per heavy atom. The molecule has 0 fully saturated rings. The van der Waals surface area contributed by atoms with Crippen molar-refractivity contribution in [2.75, 3.05) is 26.8 Å². The molecular weight excluding hydrogens is 266 g/mol. The summed E-state index contributed by atoms with van der Waals surface area (Å²) in [4.78, 5) is 13.6. The fourth-order valence-corrected chi connectivity index (χ4v) is 2.09. The highest BCUT2D eigenvalue weighted by Crippen LogP contribution is 2.20. The zero-order chi connectivity index (χ0) is 14.3. The van der Waals surface area contributed by atoms with Gasteiger partial charge in [0.2, 0.25) is 0 Å². The van der Waals surface area contributed by atoms with Crippen LogP contribution in [0.15, 0.2) is 18.2 Å². The van der Waals surface area contributed by atoms with Crippen molar-refractivity contribution in [2.45, 2.75) is 19.9 Å². The summed E-state index contributed by atoms with van der Waals surface area (Å²) in [6.07, 6.45) is 0.994. The summed E-state index contributed by atoms with van der Waals surface area (Å²) in [5, 5.41) is 9.66. The number of carbonyl (C=O) groups is 1. The zero-order valence-corrected chi connectivity index (χ0v) is 12.1. The average Bonchev–Trinajstić information content (AvgIpc) is 2.41. The van der Waals surface area contributed by atoms with E-state index in [-0.39, 0.29) is 12.6 Å². The molecule has 0 aliphatic carbocycles. The van der Waals surface area contributed by atoms with E-state index in [9.17, 15) is 4.79 Å². The van der Waals surface area contributed by atoms with Crippen LogP contribution in [0.3, 0.4) is 0 Å². The minimum atomic E-state index is -0.373. The molecule has 1 rings (SSSR count). The molecule has 1 N–H and O–H groups in total. The van der Waals surface area contributed by atoms with E-state index < -0.39 is 0 Å². The third-order valence-corrected chi connectivity index (χ3v) is 3.19. The van der Waals surface area contributed by atoms with Crippen LogP contribution < -0.4 is 0 Å². The molecule has 19 heavy (non-hydrogen) atoms. The molecule has 0 saturated heterocycles. The van der Waals surface area contributed by atoms with Gasteiger partial charge >= 0.3 is 5.97 Å². The molecule has 0 saturated carbocycles. The Bertz CT molecular complexity index is 417. The van der Waals surface area contributed by atoms with Crippen LogP contribution in [0.5, 0.6) is 0 Å². The van der Waals surface area contributed by atoms with Gasteiger partial charge in [0, 0.05) is 18.1 Å². The summed E-state index contributed by atoms with van der Waals surface area (Å²) in [5.74, 6) is -0.373. The predicted octanol–water partition coefficient (Wildman–Crippen LogP) is 2.33. The van der Waals surface area contributed by atoms with E-state index in [1.807, 2.05) is 0 Å². The van der Waals surface area contributed by atoms with E-state index in [0.29, 0.717) is 23.7 Å². The smallest absolute Gasteiger partial charge is 0.337 e. The van der Waals surface area contributed by atoms with Gasteiger partial charge in [0.1, 0.15) is 0 Å². The van der Waals surface area contributed by atoms with Crippen molar-refractivity contribution < 1.29 is 14.6 Å². The molecule has 4 nitrogen and oxygen atoms in total. The van der Waals surface area contributed by atoms with Gasteiger partial charge in [0.05, 0.1) is 19.3 Å². The normalized spacial score (nSPS) is 10.8. The molecule has 1 aromatic carbocycles. The predicted molar refractivity (Wildman–Crippen MR) is 75.4 cm³/mol. The molecule has 0 bridgehead atoms. The third-order valence-electron chi connectivity index (χ3n) is 2.82. The molecule has 0 aromatic heterocycles. The van der Waals surface area contributed by atoms with Crippen LogP contribution in [-0.2, 0) is 11.3 Å². The number of hydrogen-bond donors (Lipinski definition) is 1. The maximum Gasteiger partial charge on any atom is 0.337 e. The van der Waals surface area contributed by atoms with Crippen molar-refractivity contribution in [3.8, 4) is 0 Å². The van der Waals surface area contributed by atoms with Crippen LogP contribution in [0.1, 0.15) is 29.3 Å². The maximum absolute atomic E-state index is 11.5.